The van der Waals surface area contributed by atoms with E-state index in [9.17, 15) is 0 Å². The Labute approximate surface area is 73.9 Å². The van der Waals surface area contributed by atoms with Crippen LogP contribution >= 0.6 is 0 Å². The van der Waals surface area contributed by atoms with Crippen molar-refractivity contribution in [3.05, 3.63) is 41.5 Å². The second-order valence-electron chi connectivity index (χ2n) is 3.24. The number of allylic oxidation sites excluding steroid dienone is 2. The molecule has 1 aliphatic rings. The molecule has 0 spiro atoms. The largest absolute Gasteiger partial charge is 0.0620 e. The molecule has 0 amide bonds. The van der Waals surface area contributed by atoms with E-state index < -0.39 is 0 Å². The summed E-state index contributed by atoms with van der Waals surface area (Å²) in [5, 5.41) is 0. The number of benzene rings is 1. The Morgan fingerprint density at radius 2 is 2.00 bits per heavy atom. The first-order valence-electron chi connectivity index (χ1n) is 4.53. The van der Waals surface area contributed by atoms with E-state index in [4.69, 9.17) is 0 Å². The molecule has 0 heterocycles. The van der Waals surface area contributed by atoms with E-state index in [-0.39, 0.29) is 0 Å². The fourth-order valence-electron chi connectivity index (χ4n) is 1.88. The van der Waals surface area contributed by atoms with Gasteiger partial charge in [0.05, 0.1) is 0 Å². The lowest BCUT2D eigenvalue weighted by atomic mass is 9.87. The highest BCUT2D eigenvalue weighted by molar-refractivity contribution is 5.68. The highest BCUT2D eigenvalue weighted by Crippen LogP contribution is 2.29. The highest BCUT2D eigenvalue weighted by atomic mass is 14.2. The van der Waals surface area contributed by atoms with Crippen molar-refractivity contribution in [2.45, 2.75) is 26.2 Å². The zero-order valence-electron chi connectivity index (χ0n) is 7.43. The molecule has 1 aromatic carbocycles. The summed E-state index contributed by atoms with van der Waals surface area (Å²) in [5.41, 5.74) is 4.32. The van der Waals surface area contributed by atoms with Crippen molar-refractivity contribution in [1.29, 1.82) is 0 Å². The molecule has 61 valence electrons. The lowest BCUT2D eigenvalue weighted by Gasteiger charge is -2.17. The summed E-state index contributed by atoms with van der Waals surface area (Å²) in [7, 11) is 0. The first-order valence-corrected chi connectivity index (χ1v) is 4.53. The van der Waals surface area contributed by atoms with Crippen LogP contribution in [-0.4, -0.2) is 0 Å². The van der Waals surface area contributed by atoms with Crippen LogP contribution in [0.15, 0.2) is 24.3 Å². The summed E-state index contributed by atoms with van der Waals surface area (Å²) < 4.78 is 0. The fourth-order valence-corrected chi connectivity index (χ4v) is 1.88. The normalized spacial score (nSPS) is 19.2. The van der Waals surface area contributed by atoms with Crippen molar-refractivity contribution >= 4 is 5.57 Å². The van der Waals surface area contributed by atoms with Crippen molar-refractivity contribution < 1.29 is 0 Å². The second kappa shape index (κ2) is 3.14. The van der Waals surface area contributed by atoms with Gasteiger partial charge in [-0.3, -0.25) is 0 Å². The summed E-state index contributed by atoms with van der Waals surface area (Å²) in [5.74, 6) is 0. The first kappa shape index (κ1) is 7.60. The van der Waals surface area contributed by atoms with Gasteiger partial charge in [0.15, 0.2) is 0 Å². The van der Waals surface area contributed by atoms with E-state index in [1.165, 1.54) is 36.0 Å². The summed E-state index contributed by atoms with van der Waals surface area (Å²) in [6.07, 6.45) is 7.00. The average molecular weight is 157 g/mol. The highest BCUT2D eigenvalue weighted by Gasteiger charge is 2.11. The predicted octanol–water partition coefficient (Wildman–Crippen LogP) is 3.23. The van der Waals surface area contributed by atoms with Gasteiger partial charge in [-0.15, -0.1) is 0 Å². The molecular weight excluding hydrogens is 144 g/mol. The fraction of sp³-hybridized carbons (Fsp3) is 0.333. The van der Waals surface area contributed by atoms with E-state index in [0.717, 1.165) is 0 Å². The monoisotopic (exact) mass is 157 g/mol. The van der Waals surface area contributed by atoms with Crippen LogP contribution in [0.25, 0.3) is 5.57 Å². The summed E-state index contributed by atoms with van der Waals surface area (Å²) >= 11 is 0. The lowest BCUT2D eigenvalue weighted by molar-refractivity contribution is 0.820. The van der Waals surface area contributed by atoms with E-state index >= 15 is 0 Å². The van der Waals surface area contributed by atoms with Gasteiger partial charge in [0.25, 0.3) is 0 Å². The van der Waals surface area contributed by atoms with Crippen LogP contribution in [0, 0.1) is 6.08 Å². The molecule has 0 heteroatoms. The van der Waals surface area contributed by atoms with Crippen LogP contribution in [0.3, 0.4) is 0 Å². The summed E-state index contributed by atoms with van der Waals surface area (Å²) in [4.78, 5) is 0. The number of fused-ring (bicyclic) bond motifs is 1. The Morgan fingerprint density at radius 1 is 1.17 bits per heavy atom. The predicted molar refractivity (Wildman–Crippen MR) is 51.7 cm³/mol. The Balaban J connectivity index is 2.51. The number of rotatable bonds is 0. The minimum Gasteiger partial charge on any atom is -0.0620 e. The van der Waals surface area contributed by atoms with Crippen molar-refractivity contribution in [3.63, 3.8) is 0 Å². The minimum absolute atomic E-state index is 1.20. The van der Waals surface area contributed by atoms with Gasteiger partial charge >= 0.3 is 0 Å². The first-order chi connectivity index (χ1) is 5.92. The average Bonchev–Trinajstić information content (AvgIpc) is 2.17. The SMILES string of the molecule is C[C]=C1CCCc2ccccc21. The zero-order chi connectivity index (χ0) is 8.39. The molecule has 0 bridgehead atoms. The van der Waals surface area contributed by atoms with Crippen LogP contribution in [0.2, 0.25) is 0 Å². The van der Waals surface area contributed by atoms with Crippen molar-refractivity contribution in [2.75, 3.05) is 0 Å². The Kier molecular flexibility index (Phi) is 1.99. The van der Waals surface area contributed by atoms with Crippen LogP contribution in [0.5, 0.6) is 0 Å². The summed E-state index contributed by atoms with van der Waals surface area (Å²) in [6, 6.07) is 8.67. The third-order valence-electron chi connectivity index (χ3n) is 2.52. The van der Waals surface area contributed by atoms with E-state index in [2.05, 4.69) is 30.3 Å². The Bertz CT molecular complexity index is 308. The van der Waals surface area contributed by atoms with Crippen LogP contribution < -0.4 is 0 Å². The maximum absolute atomic E-state index is 3.28. The Morgan fingerprint density at radius 3 is 2.83 bits per heavy atom. The van der Waals surface area contributed by atoms with Gasteiger partial charge in [-0.2, -0.15) is 0 Å². The van der Waals surface area contributed by atoms with Gasteiger partial charge in [0.2, 0.25) is 0 Å². The van der Waals surface area contributed by atoms with E-state index in [1.807, 2.05) is 6.92 Å². The lowest BCUT2D eigenvalue weighted by Crippen LogP contribution is -2.00. The third kappa shape index (κ3) is 1.18. The van der Waals surface area contributed by atoms with Crippen molar-refractivity contribution in [2.24, 2.45) is 0 Å². The molecule has 0 nitrogen and oxygen atoms in total. The molecule has 0 aromatic heterocycles. The number of aryl methyl sites for hydroxylation is 1. The molecule has 0 aliphatic heterocycles. The smallest absolute Gasteiger partial charge is 0.0190 e. The molecule has 1 aromatic rings. The van der Waals surface area contributed by atoms with Gasteiger partial charge < -0.3 is 0 Å². The van der Waals surface area contributed by atoms with Gasteiger partial charge in [-0.1, -0.05) is 24.3 Å². The number of hydrogen-bond donors (Lipinski definition) is 0. The van der Waals surface area contributed by atoms with Crippen LogP contribution in [0.4, 0.5) is 0 Å². The Hall–Kier alpha value is -1.04. The molecule has 1 radical (unpaired) electrons. The topological polar surface area (TPSA) is 0 Å². The van der Waals surface area contributed by atoms with Crippen molar-refractivity contribution in [3.8, 4) is 0 Å². The molecule has 1 aliphatic carbocycles. The second-order valence-corrected chi connectivity index (χ2v) is 3.24. The van der Waals surface area contributed by atoms with Gasteiger partial charge in [0.1, 0.15) is 0 Å². The molecule has 0 saturated carbocycles. The van der Waals surface area contributed by atoms with E-state index in [0.29, 0.717) is 0 Å². The minimum atomic E-state index is 1.20. The van der Waals surface area contributed by atoms with Crippen molar-refractivity contribution in [1.82, 2.24) is 0 Å². The molecule has 0 saturated heterocycles. The van der Waals surface area contributed by atoms with Crippen LogP contribution in [-0.2, 0) is 6.42 Å². The number of hydrogen-bond acceptors (Lipinski definition) is 0. The maximum atomic E-state index is 3.28. The van der Waals surface area contributed by atoms with E-state index in [1.54, 1.807) is 0 Å². The molecular formula is C12H13. The van der Waals surface area contributed by atoms with Gasteiger partial charge in [-0.05, 0) is 49.0 Å². The van der Waals surface area contributed by atoms with Gasteiger partial charge in [0, 0.05) is 0 Å². The molecule has 12 heavy (non-hydrogen) atoms. The molecule has 0 atom stereocenters. The van der Waals surface area contributed by atoms with Crippen LogP contribution in [0.1, 0.15) is 30.9 Å². The standard InChI is InChI=1S/C12H13/c1-2-10-7-5-8-11-6-3-4-9-12(10)11/h3-4,6,9H,5,7-8H2,1H3. The molecule has 0 N–H and O–H groups in total. The zero-order valence-corrected chi connectivity index (χ0v) is 7.43. The molecule has 0 unspecified atom stereocenters. The summed E-state index contributed by atoms with van der Waals surface area (Å²) in [6.45, 7) is 2.01. The van der Waals surface area contributed by atoms with Gasteiger partial charge in [-0.25, -0.2) is 0 Å². The molecule has 2 rings (SSSR count). The third-order valence-corrected chi connectivity index (χ3v) is 2.52. The molecule has 0 fully saturated rings. The maximum Gasteiger partial charge on any atom is -0.0190 e. The quantitative estimate of drug-likeness (QED) is 0.542.